The van der Waals surface area contributed by atoms with Gasteiger partial charge in [0.1, 0.15) is 17.0 Å². The molecule has 1 aromatic heterocycles. The number of halogens is 4. The fourth-order valence-corrected chi connectivity index (χ4v) is 2.88. The Hall–Kier alpha value is -2.22. The number of H-pyrrole nitrogens is 1. The smallest absolute Gasteiger partial charge is 0.431 e. The van der Waals surface area contributed by atoms with Crippen LogP contribution in [0.25, 0.3) is 5.69 Å². The fourth-order valence-electron chi connectivity index (χ4n) is 2.66. The van der Waals surface area contributed by atoms with E-state index in [4.69, 9.17) is 16.3 Å². The van der Waals surface area contributed by atoms with Crippen molar-refractivity contribution in [2.75, 3.05) is 0 Å². The van der Waals surface area contributed by atoms with Gasteiger partial charge in [-0.25, -0.2) is 9.36 Å². The molecular formula is C15H12ClF3N2O3. The van der Waals surface area contributed by atoms with E-state index in [1.165, 1.54) is 12.1 Å². The quantitative estimate of drug-likeness (QED) is 0.850. The molecule has 2 aromatic rings. The Bertz CT molecular complexity index is 913. The Morgan fingerprint density at radius 3 is 2.54 bits per heavy atom. The summed E-state index contributed by atoms with van der Waals surface area (Å²) in [5.74, 6) is 0.222. The number of hydrogen-bond acceptors (Lipinski definition) is 3. The molecule has 0 saturated heterocycles. The van der Waals surface area contributed by atoms with Gasteiger partial charge in [0.05, 0.1) is 5.69 Å². The van der Waals surface area contributed by atoms with Crippen LogP contribution in [0.15, 0.2) is 27.8 Å². The van der Waals surface area contributed by atoms with E-state index in [2.05, 4.69) is 0 Å². The van der Waals surface area contributed by atoms with E-state index < -0.39 is 28.7 Å². The highest BCUT2D eigenvalue weighted by Crippen LogP contribution is 2.42. The maximum Gasteiger partial charge on any atom is 0.431 e. The van der Waals surface area contributed by atoms with Crippen molar-refractivity contribution in [3.63, 3.8) is 0 Å². The van der Waals surface area contributed by atoms with Crippen LogP contribution in [0.3, 0.4) is 0 Å². The first-order valence-electron chi connectivity index (χ1n) is 6.94. The van der Waals surface area contributed by atoms with Gasteiger partial charge in [-0.3, -0.25) is 4.79 Å². The monoisotopic (exact) mass is 360 g/mol. The molecule has 1 aliphatic heterocycles. The molecule has 1 aromatic carbocycles. The van der Waals surface area contributed by atoms with Crippen molar-refractivity contribution in [2.24, 2.45) is 0 Å². The summed E-state index contributed by atoms with van der Waals surface area (Å²) in [5.41, 5.74) is -3.66. The minimum absolute atomic E-state index is 0.0555. The molecule has 0 saturated carbocycles. The van der Waals surface area contributed by atoms with Gasteiger partial charge in [-0.1, -0.05) is 11.6 Å². The van der Waals surface area contributed by atoms with Gasteiger partial charge in [-0.2, -0.15) is 13.2 Å². The first-order valence-corrected chi connectivity index (χ1v) is 7.32. The van der Waals surface area contributed by atoms with Gasteiger partial charge in [-0.05, 0) is 26.0 Å². The van der Waals surface area contributed by atoms with Crippen LogP contribution in [0, 0.1) is 0 Å². The first kappa shape index (κ1) is 16.6. The van der Waals surface area contributed by atoms with E-state index in [1.54, 1.807) is 18.8 Å². The van der Waals surface area contributed by atoms with Crippen molar-refractivity contribution in [3.05, 3.63) is 55.3 Å². The minimum Gasteiger partial charge on any atom is -0.485 e. The summed E-state index contributed by atoms with van der Waals surface area (Å²) in [5, 5.41) is 0.399. The van der Waals surface area contributed by atoms with Crippen molar-refractivity contribution in [3.8, 4) is 11.4 Å². The molecule has 1 N–H and O–H groups in total. The predicted molar refractivity (Wildman–Crippen MR) is 81.1 cm³/mol. The molecule has 0 amide bonds. The summed E-state index contributed by atoms with van der Waals surface area (Å²) in [6.45, 7) is 3.60. The highest BCUT2D eigenvalue weighted by molar-refractivity contribution is 6.31. The molecular weight excluding hydrogens is 349 g/mol. The van der Waals surface area contributed by atoms with Crippen LogP contribution < -0.4 is 16.0 Å². The van der Waals surface area contributed by atoms with Crippen LogP contribution >= 0.6 is 11.6 Å². The summed E-state index contributed by atoms with van der Waals surface area (Å²) < 4.78 is 44.4. The Morgan fingerprint density at radius 2 is 1.96 bits per heavy atom. The van der Waals surface area contributed by atoms with E-state index >= 15 is 0 Å². The average Bonchev–Trinajstić information content (AvgIpc) is 2.76. The summed E-state index contributed by atoms with van der Waals surface area (Å²) >= 11 is 6.12. The van der Waals surface area contributed by atoms with Gasteiger partial charge >= 0.3 is 11.9 Å². The Labute approximate surface area is 138 Å². The summed E-state index contributed by atoms with van der Waals surface area (Å²) in [4.78, 5) is 25.9. The molecule has 0 bridgehead atoms. The van der Waals surface area contributed by atoms with Gasteiger partial charge in [-0.15, -0.1) is 0 Å². The van der Waals surface area contributed by atoms with Crippen molar-refractivity contribution >= 4 is 11.6 Å². The van der Waals surface area contributed by atoms with Crippen LogP contribution in [-0.4, -0.2) is 15.2 Å². The van der Waals surface area contributed by atoms with Crippen LogP contribution in [0.1, 0.15) is 25.1 Å². The number of nitrogens with one attached hydrogen (secondary N) is 1. The van der Waals surface area contributed by atoms with Crippen molar-refractivity contribution in [1.29, 1.82) is 0 Å². The Kier molecular flexibility index (Phi) is 3.56. The summed E-state index contributed by atoms with van der Waals surface area (Å²) in [6, 6.07) is 3.18. The van der Waals surface area contributed by atoms with E-state index in [1.807, 2.05) is 0 Å². The third-order valence-corrected chi connectivity index (χ3v) is 4.00. The molecule has 0 unspecified atom stereocenters. The highest BCUT2D eigenvalue weighted by Gasteiger charge is 2.36. The minimum atomic E-state index is -4.82. The van der Waals surface area contributed by atoms with Crippen molar-refractivity contribution < 1.29 is 17.9 Å². The third-order valence-electron chi connectivity index (χ3n) is 3.64. The maximum atomic E-state index is 12.7. The highest BCUT2D eigenvalue weighted by atomic mass is 35.5. The number of rotatable bonds is 1. The number of ether oxygens (including phenoxy) is 1. The molecule has 2 heterocycles. The van der Waals surface area contributed by atoms with E-state index in [0.717, 1.165) is 0 Å². The zero-order chi connectivity index (χ0) is 17.9. The topological polar surface area (TPSA) is 64.1 Å². The lowest BCUT2D eigenvalue weighted by atomic mass is 10.0. The number of nitrogens with zero attached hydrogens (tertiary/aromatic N) is 1. The summed E-state index contributed by atoms with van der Waals surface area (Å²) in [6.07, 6.45) is -4.37. The molecule has 1 aliphatic rings. The summed E-state index contributed by atoms with van der Waals surface area (Å²) in [7, 11) is 0. The molecule has 0 radical (unpaired) electrons. The largest absolute Gasteiger partial charge is 0.485 e. The Balaban J connectivity index is 2.25. The number of aromatic nitrogens is 2. The van der Waals surface area contributed by atoms with Gasteiger partial charge < -0.3 is 9.72 Å². The number of benzene rings is 1. The predicted octanol–water partition coefficient (Wildman–Crippen LogP) is 2.91. The van der Waals surface area contributed by atoms with Crippen molar-refractivity contribution in [2.45, 2.75) is 32.0 Å². The van der Waals surface area contributed by atoms with E-state index in [9.17, 15) is 22.8 Å². The normalized spacial score (nSPS) is 15.9. The molecule has 9 heteroatoms. The van der Waals surface area contributed by atoms with Crippen LogP contribution in [-0.2, 0) is 12.6 Å². The van der Waals surface area contributed by atoms with Gasteiger partial charge in [0.2, 0.25) is 0 Å². The zero-order valence-electron chi connectivity index (χ0n) is 12.6. The van der Waals surface area contributed by atoms with E-state index in [-0.39, 0.29) is 11.4 Å². The van der Waals surface area contributed by atoms with Crippen LogP contribution in [0.5, 0.6) is 5.75 Å². The third kappa shape index (κ3) is 2.71. The second kappa shape index (κ2) is 5.14. The second-order valence-electron chi connectivity index (χ2n) is 6.07. The van der Waals surface area contributed by atoms with Gasteiger partial charge in [0.15, 0.2) is 0 Å². The molecule has 128 valence electrons. The number of fused-ring (bicyclic) bond motifs is 1. The first-order chi connectivity index (χ1) is 11.0. The zero-order valence-corrected chi connectivity index (χ0v) is 13.4. The molecule has 5 nitrogen and oxygen atoms in total. The van der Waals surface area contributed by atoms with Gasteiger partial charge in [0.25, 0.3) is 5.56 Å². The Morgan fingerprint density at radius 1 is 1.29 bits per heavy atom. The number of hydrogen-bond donors (Lipinski definition) is 1. The molecule has 0 atom stereocenters. The fraction of sp³-hybridized carbons (Fsp3) is 0.333. The number of aromatic amines is 1. The van der Waals surface area contributed by atoms with Crippen LogP contribution in [0.2, 0.25) is 5.02 Å². The average molecular weight is 361 g/mol. The SMILES string of the molecule is CC1(C)Cc2c(Cl)ccc(-n3c(=O)cc(C(F)(F)F)[nH]c3=O)c2O1. The molecule has 0 fully saturated rings. The lowest BCUT2D eigenvalue weighted by Crippen LogP contribution is -2.36. The molecule has 24 heavy (non-hydrogen) atoms. The van der Waals surface area contributed by atoms with Crippen molar-refractivity contribution in [1.82, 2.24) is 9.55 Å². The lowest BCUT2D eigenvalue weighted by molar-refractivity contribution is -0.141. The van der Waals surface area contributed by atoms with Gasteiger partial charge in [0, 0.05) is 23.1 Å². The van der Waals surface area contributed by atoms with Crippen LogP contribution in [0.4, 0.5) is 13.2 Å². The molecule has 0 aliphatic carbocycles. The number of alkyl halides is 3. The maximum absolute atomic E-state index is 12.7. The molecule has 3 rings (SSSR count). The second-order valence-corrected chi connectivity index (χ2v) is 6.48. The standard InChI is InChI=1S/C15H12ClF3N2O3/c1-14(2)6-7-8(16)3-4-9(12(7)24-14)21-11(22)5-10(15(17,18)19)20-13(21)23/h3-5H,6H2,1-2H3,(H,20,23). The lowest BCUT2D eigenvalue weighted by Gasteiger charge is -2.18. The van der Waals surface area contributed by atoms with E-state index in [0.29, 0.717) is 27.6 Å². The molecule has 0 spiro atoms.